The molecule has 0 bridgehead atoms. The maximum atomic E-state index is 13.6. The minimum atomic E-state index is -3.68. The van der Waals surface area contributed by atoms with Crippen molar-refractivity contribution in [2.75, 3.05) is 10.5 Å². The van der Waals surface area contributed by atoms with Crippen LogP contribution >= 0.6 is 0 Å². The quantitative estimate of drug-likeness (QED) is 0.603. The molecule has 0 radical (unpaired) electrons. The molecule has 0 unspecified atom stereocenters. The van der Waals surface area contributed by atoms with Gasteiger partial charge < -0.3 is 10.0 Å². The number of amides is 1. The number of hydrogen-bond acceptors (Lipinski definition) is 5. The van der Waals surface area contributed by atoms with E-state index in [1.807, 2.05) is 0 Å². The number of pyridine rings is 1. The van der Waals surface area contributed by atoms with Gasteiger partial charge in [-0.3, -0.25) is 14.5 Å². The Morgan fingerprint density at radius 2 is 2.00 bits per heavy atom. The Balaban J connectivity index is 1.83. The van der Waals surface area contributed by atoms with Gasteiger partial charge in [-0.2, -0.15) is 0 Å². The van der Waals surface area contributed by atoms with Crippen LogP contribution in [0.4, 0.5) is 14.5 Å². The van der Waals surface area contributed by atoms with Crippen LogP contribution in [0.2, 0.25) is 0 Å². The van der Waals surface area contributed by atoms with Gasteiger partial charge in [0.1, 0.15) is 5.52 Å². The number of nitrogens with zero attached hydrogens (tertiary/aromatic N) is 2. The van der Waals surface area contributed by atoms with E-state index in [0.29, 0.717) is 16.5 Å². The molecular formula is C20H17F2N3O4S. The van der Waals surface area contributed by atoms with Crippen molar-refractivity contribution in [1.29, 1.82) is 0 Å². The summed E-state index contributed by atoms with van der Waals surface area (Å²) in [5.41, 5.74) is 0.866. The van der Waals surface area contributed by atoms with Crippen LogP contribution in [0.15, 0.2) is 36.5 Å². The van der Waals surface area contributed by atoms with Gasteiger partial charge in [-0.25, -0.2) is 17.2 Å². The number of fused-ring (bicyclic) bond motifs is 2. The number of sulfonamides is 1. The molecule has 7 nitrogen and oxygen atoms in total. The summed E-state index contributed by atoms with van der Waals surface area (Å²) in [5, 5.41) is 11.0. The summed E-state index contributed by atoms with van der Waals surface area (Å²) in [4.78, 5) is 18.4. The first-order valence-corrected chi connectivity index (χ1v) is 10.7. The van der Waals surface area contributed by atoms with Crippen LogP contribution in [0, 0.1) is 11.6 Å². The number of anilines is 1. The smallest absolute Gasteiger partial charge is 0.258 e. The fourth-order valence-electron chi connectivity index (χ4n) is 3.48. The molecule has 1 aromatic heterocycles. The zero-order valence-corrected chi connectivity index (χ0v) is 16.6. The predicted octanol–water partition coefficient (Wildman–Crippen LogP) is 3.14. The monoisotopic (exact) mass is 433 g/mol. The van der Waals surface area contributed by atoms with Gasteiger partial charge in [-0.15, -0.1) is 0 Å². The maximum absolute atomic E-state index is 13.6. The molecule has 2 heterocycles. The van der Waals surface area contributed by atoms with Crippen LogP contribution in [-0.2, 0) is 23.1 Å². The van der Waals surface area contributed by atoms with Crippen LogP contribution in [0.5, 0.6) is 5.75 Å². The summed E-state index contributed by atoms with van der Waals surface area (Å²) in [6.45, 7) is 1.41. The summed E-state index contributed by atoms with van der Waals surface area (Å²) in [6.07, 6.45) is 1.42. The molecule has 2 aromatic carbocycles. The Morgan fingerprint density at radius 1 is 1.23 bits per heavy atom. The summed E-state index contributed by atoms with van der Waals surface area (Å²) in [5.74, 6) is -3.13. The number of aromatic hydroxyl groups is 1. The second-order valence-corrected chi connectivity index (χ2v) is 8.90. The predicted molar refractivity (Wildman–Crippen MR) is 106 cm³/mol. The number of phenolic OH excluding ortho intramolecular Hbond substituents is 1. The number of halogens is 2. The number of benzene rings is 2. The minimum Gasteiger partial charge on any atom is -0.505 e. The average molecular weight is 433 g/mol. The van der Waals surface area contributed by atoms with Gasteiger partial charge in [0.05, 0.1) is 17.0 Å². The number of carbonyl (C=O) groups excluding carboxylic acids is 1. The van der Waals surface area contributed by atoms with E-state index in [-0.39, 0.29) is 41.4 Å². The summed E-state index contributed by atoms with van der Waals surface area (Å²) in [6, 6.07) is 6.50. The first kappa shape index (κ1) is 20.0. The standard InChI is InChI=1S/C20H17F2N3O4S/c1-2-30(28,29)24-17-12-4-3-7-23-18(12)19(26)16-13(17)10-25(20(16)27)9-11-5-6-14(21)15(22)8-11/h3-8,24,26H,2,9-10H2,1H3. The van der Waals surface area contributed by atoms with E-state index < -0.39 is 27.6 Å². The first-order valence-electron chi connectivity index (χ1n) is 9.08. The normalized spacial score (nSPS) is 13.7. The van der Waals surface area contributed by atoms with E-state index in [2.05, 4.69) is 9.71 Å². The molecule has 4 rings (SSSR count). The highest BCUT2D eigenvalue weighted by molar-refractivity contribution is 7.92. The van der Waals surface area contributed by atoms with Gasteiger partial charge in [-0.05, 0) is 36.8 Å². The largest absolute Gasteiger partial charge is 0.505 e. The Morgan fingerprint density at radius 3 is 2.70 bits per heavy atom. The SMILES string of the molecule is CCS(=O)(=O)Nc1c2c(c(O)c3ncccc13)C(=O)N(Cc1ccc(F)c(F)c1)C2. The van der Waals surface area contributed by atoms with Crippen molar-refractivity contribution in [2.45, 2.75) is 20.0 Å². The van der Waals surface area contributed by atoms with Crippen LogP contribution in [0.3, 0.4) is 0 Å². The van der Waals surface area contributed by atoms with Crippen LogP contribution in [0.25, 0.3) is 10.9 Å². The molecular weight excluding hydrogens is 416 g/mol. The molecule has 0 saturated heterocycles. The van der Waals surface area contributed by atoms with E-state index in [9.17, 15) is 27.1 Å². The minimum absolute atomic E-state index is 0.0207. The second-order valence-electron chi connectivity index (χ2n) is 6.89. The number of phenols is 1. The van der Waals surface area contributed by atoms with E-state index in [1.54, 1.807) is 12.1 Å². The zero-order chi connectivity index (χ0) is 21.6. The van der Waals surface area contributed by atoms with Crippen molar-refractivity contribution in [1.82, 2.24) is 9.88 Å². The van der Waals surface area contributed by atoms with Crippen molar-refractivity contribution < 1.29 is 27.1 Å². The Labute approximate surface area is 171 Å². The molecule has 0 atom stereocenters. The highest BCUT2D eigenvalue weighted by Gasteiger charge is 2.35. The van der Waals surface area contributed by atoms with Crippen molar-refractivity contribution in [3.8, 4) is 5.75 Å². The molecule has 156 valence electrons. The molecule has 0 saturated carbocycles. The van der Waals surface area contributed by atoms with Gasteiger partial charge in [0.15, 0.2) is 17.4 Å². The number of hydrogen-bond donors (Lipinski definition) is 2. The lowest BCUT2D eigenvalue weighted by Crippen LogP contribution is -2.23. The van der Waals surface area contributed by atoms with Crippen LogP contribution in [-0.4, -0.2) is 35.1 Å². The zero-order valence-electron chi connectivity index (χ0n) is 15.8. The molecule has 10 heteroatoms. The lowest BCUT2D eigenvalue weighted by Gasteiger charge is -2.16. The third kappa shape index (κ3) is 3.32. The molecule has 3 aromatic rings. The van der Waals surface area contributed by atoms with E-state index >= 15 is 0 Å². The average Bonchev–Trinajstić information content (AvgIpc) is 3.04. The molecule has 1 aliphatic heterocycles. The van der Waals surface area contributed by atoms with Crippen molar-refractivity contribution >= 4 is 32.5 Å². The summed E-state index contributed by atoms with van der Waals surface area (Å²) >= 11 is 0. The third-order valence-corrected chi connectivity index (χ3v) is 6.26. The molecule has 0 fully saturated rings. The second kappa shape index (κ2) is 7.21. The van der Waals surface area contributed by atoms with Gasteiger partial charge in [0, 0.05) is 30.2 Å². The van der Waals surface area contributed by atoms with Crippen LogP contribution in [0.1, 0.15) is 28.4 Å². The Kier molecular flexibility index (Phi) is 4.81. The Bertz CT molecular complexity index is 1290. The maximum Gasteiger partial charge on any atom is 0.258 e. The van der Waals surface area contributed by atoms with Crippen molar-refractivity contribution in [3.05, 3.63) is 64.9 Å². The topological polar surface area (TPSA) is 99.6 Å². The molecule has 30 heavy (non-hydrogen) atoms. The molecule has 0 spiro atoms. The molecule has 2 N–H and O–H groups in total. The highest BCUT2D eigenvalue weighted by Crippen LogP contribution is 2.43. The van der Waals surface area contributed by atoms with Crippen molar-refractivity contribution in [2.24, 2.45) is 0 Å². The van der Waals surface area contributed by atoms with E-state index in [1.165, 1.54) is 24.1 Å². The highest BCUT2D eigenvalue weighted by atomic mass is 32.2. The van der Waals surface area contributed by atoms with Crippen molar-refractivity contribution in [3.63, 3.8) is 0 Å². The number of rotatable bonds is 5. The van der Waals surface area contributed by atoms with Crippen LogP contribution < -0.4 is 4.72 Å². The van der Waals surface area contributed by atoms with Gasteiger partial charge in [-0.1, -0.05) is 6.07 Å². The Hall–Kier alpha value is -3.27. The lowest BCUT2D eigenvalue weighted by molar-refractivity contribution is 0.0764. The number of carbonyl (C=O) groups is 1. The summed E-state index contributed by atoms with van der Waals surface area (Å²) in [7, 11) is -3.68. The summed E-state index contributed by atoms with van der Waals surface area (Å²) < 4.78 is 53.7. The fraction of sp³-hybridized carbons (Fsp3) is 0.200. The fourth-order valence-corrected chi connectivity index (χ4v) is 4.17. The molecule has 1 aliphatic rings. The van der Waals surface area contributed by atoms with E-state index in [0.717, 1.165) is 12.1 Å². The van der Waals surface area contributed by atoms with Gasteiger partial charge in [0.2, 0.25) is 10.0 Å². The molecule has 0 aliphatic carbocycles. The van der Waals surface area contributed by atoms with Gasteiger partial charge in [0.25, 0.3) is 5.91 Å². The molecule has 1 amide bonds. The first-order chi connectivity index (χ1) is 14.2. The van der Waals surface area contributed by atoms with Gasteiger partial charge >= 0.3 is 0 Å². The number of aromatic nitrogens is 1. The number of nitrogens with one attached hydrogen (secondary N) is 1. The lowest BCUT2D eigenvalue weighted by atomic mass is 10.0. The third-order valence-electron chi connectivity index (χ3n) is 4.99. The van der Waals surface area contributed by atoms with E-state index in [4.69, 9.17) is 0 Å².